The second-order valence-corrected chi connectivity index (χ2v) is 3.79. The van der Waals surface area contributed by atoms with E-state index in [9.17, 15) is 9.59 Å². The van der Waals surface area contributed by atoms with E-state index in [4.69, 9.17) is 10.2 Å². The van der Waals surface area contributed by atoms with E-state index < -0.39 is 24.5 Å². The second-order valence-electron chi connectivity index (χ2n) is 3.79. The Labute approximate surface area is 102 Å². The maximum absolute atomic E-state index is 11.9. The van der Waals surface area contributed by atoms with Gasteiger partial charge in [-0.05, 0) is 12.1 Å². The molecule has 0 aliphatic heterocycles. The summed E-state index contributed by atoms with van der Waals surface area (Å²) in [5, 5.41) is 20.7. The zero-order valence-corrected chi connectivity index (χ0v) is 9.38. The summed E-state index contributed by atoms with van der Waals surface area (Å²) in [6.45, 7) is -0.651. The summed E-state index contributed by atoms with van der Waals surface area (Å²) in [4.78, 5) is 25.6. The molecule has 1 aromatic heterocycles. The lowest BCUT2D eigenvalue weighted by Crippen LogP contribution is -2.43. The first kappa shape index (κ1) is 12.1. The molecule has 0 bridgehead atoms. The van der Waals surface area contributed by atoms with Crippen molar-refractivity contribution in [1.82, 2.24) is 10.3 Å². The van der Waals surface area contributed by atoms with Crippen molar-refractivity contribution < 1.29 is 19.8 Å². The number of carboxylic acids is 1. The molecule has 1 aromatic carbocycles. The number of aliphatic hydroxyl groups excluding tert-OH is 1. The Morgan fingerprint density at radius 1 is 1.33 bits per heavy atom. The van der Waals surface area contributed by atoms with E-state index in [2.05, 4.69) is 10.3 Å². The molecule has 0 saturated heterocycles. The van der Waals surface area contributed by atoms with Gasteiger partial charge >= 0.3 is 5.97 Å². The minimum absolute atomic E-state index is 0.345. The van der Waals surface area contributed by atoms with Crippen LogP contribution in [0.2, 0.25) is 0 Å². The van der Waals surface area contributed by atoms with Gasteiger partial charge < -0.3 is 20.5 Å². The summed E-state index contributed by atoms with van der Waals surface area (Å²) in [5.74, 6) is -1.81. The van der Waals surface area contributed by atoms with Crippen LogP contribution in [0.4, 0.5) is 0 Å². The number of amides is 1. The van der Waals surface area contributed by atoms with Crippen LogP contribution in [0.3, 0.4) is 0 Å². The number of aliphatic hydroxyl groups is 1. The predicted molar refractivity (Wildman–Crippen MR) is 64.3 cm³/mol. The third-order valence-corrected chi connectivity index (χ3v) is 2.62. The number of hydrogen-bond acceptors (Lipinski definition) is 3. The Kier molecular flexibility index (Phi) is 3.29. The predicted octanol–water partition coefficient (Wildman–Crippen LogP) is 0.343. The van der Waals surface area contributed by atoms with Gasteiger partial charge in [-0.3, -0.25) is 4.79 Å². The summed E-state index contributed by atoms with van der Waals surface area (Å²) in [6.07, 6.45) is 1.70. The molecule has 0 aliphatic rings. The van der Waals surface area contributed by atoms with E-state index in [0.29, 0.717) is 11.1 Å². The molecule has 2 rings (SSSR count). The lowest BCUT2D eigenvalue weighted by Gasteiger charge is -2.11. The lowest BCUT2D eigenvalue weighted by molar-refractivity contribution is -0.140. The zero-order valence-electron chi connectivity index (χ0n) is 9.38. The number of nitrogens with one attached hydrogen (secondary N) is 2. The third-order valence-electron chi connectivity index (χ3n) is 2.62. The van der Waals surface area contributed by atoms with Crippen molar-refractivity contribution in [3.63, 3.8) is 0 Å². The van der Waals surface area contributed by atoms with Gasteiger partial charge in [0.2, 0.25) is 0 Å². The van der Waals surface area contributed by atoms with Gasteiger partial charge in [-0.1, -0.05) is 12.1 Å². The summed E-state index contributed by atoms with van der Waals surface area (Å²) in [6, 6.07) is 5.64. The number of aromatic nitrogens is 1. The summed E-state index contributed by atoms with van der Waals surface area (Å²) >= 11 is 0. The number of para-hydroxylation sites is 1. The Balaban J connectivity index is 2.28. The Morgan fingerprint density at radius 2 is 2.11 bits per heavy atom. The molecule has 0 fully saturated rings. The smallest absolute Gasteiger partial charge is 0.328 e. The molecule has 0 aliphatic carbocycles. The topological polar surface area (TPSA) is 102 Å². The first-order valence-corrected chi connectivity index (χ1v) is 5.34. The Bertz CT molecular complexity index is 591. The number of carbonyl (C=O) groups is 2. The Morgan fingerprint density at radius 3 is 2.78 bits per heavy atom. The quantitative estimate of drug-likeness (QED) is 0.626. The van der Waals surface area contributed by atoms with E-state index in [-0.39, 0.29) is 0 Å². The number of fused-ring (bicyclic) bond motifs is 1. The number of benzene rings is 1. The maximum Gasteiger partial charge on any atom is 0.328 e. The Hall–Kier alpha value is -2.34. The highest BCUT2D eigenvalue weighted by Gasteiger charge is 2.20. The third kappa shape index (κ3) is 2.18. The molecule has 0 saturated carbocycles. The van der Waals surface area contributed by atoms with Gasteiger partial charge in [0.25, 0.3) is 5.91 Å². The van der Waals surface area contributed by atoms with Crippen LogP contribution in [0.15, 0.2) is 30.5 Å². The molecular weight excluding hydrogens is 236 g/mol. The van der Waals surface area contributed by atoms with Crippen molar-refractivity contribution in [2.45, 2.75) is 6.04 Å². The van der Waals surface area contributed by atoms with Crippen LogP contribution >= 0.6 is 0 Å². The molecule has 1 amide bonds. The molecule has 2 aromatic rings. The van der Waals surface area contributed by atoms with E-state index in [1.54, 1.807) is 18.3 Å². The zero-order chi connectivity index (χ0) is 13.1. The molecule has 0 radical (unpaired) electrons. The van der Waals surface area contributed by atoms with Crippen LogP contribution in [0.5, 0.6) is 0 Å². The molecular formula is C12H12N2O4. The highest BCUT2D eigenvalue weighted by molar-refractivity contribution is 6.06. The van der Waals surface area contributed by atoms with Gasteiger partial charge in [-0.2, -0.15) is 0 Å². The van der Waals surface area contributed by atoms with Gasteiger partial charge in [0.05, 0.1) is 17.7 Å². The molecule has 1 heterocycles. The summed E-state index contributed by atoms with van der Waals surface area (Å²) in [5.41, 5.74) is 0.981. The SMILES string of the molecule is O=C(N[C@@H](CO)C(=O)O)c1cccc2cc[nH]c12. The van der Waals surface area contributed by atoms with Crippen LogP contribution in [0.25, 0.3) is 10.9 Å². The van der Waals surface area contributed by atoms with Gasteiger partial charge in [0, 0.05) is 11.6 Å². The van der Waals surface area contributed by atoms with Crippen LogP contribution < -0.4 is 5.32 Å². The number of hydrogen-bond donors (Lipinski definition) is 4. The van der Waals surface area contributed by atoms with Crippen LogP contribution in [0.1, 0.15) is 10.4 Å². The highest BCUT2D eigenvalue weighted by Crippen LogP contribution is 2.16. The van der Waals surface area contributed by atoms with Crippen molar-refractivity contribution in [1.29, 1.82) is 0 Å². The molecule has 1 atom stereocenters. The molecule has 0 unspecified atom stereocenters. The van der Waals surface area contributed by atoms with Gasteiger partial charge in [0.1, 0.15) is 0 Å². The highest BCUT2D eigenvalue weighted by atomic mass is 16.4. The number of carboxylic acid groups (broad SMARTS) is 1. The molecule has 6 heteroatoms. The maximum atomic E-state index is 11.9. The fourth-order valence-electron chi connectivity index (χ4n) is 1.70. The van der Waals surface area contributed by atoms with E-state index >= 15 is 0 Å². The minimum Gasteiger partial charge on any atom is -0.480 e. The van der Waals surface area contributed by atoms with Crippen LogP contribution in [0, 0.1) is 0 Å². The normalized spacial score (nSPS) is 12.3. The standard InChI is InChI=1S/C12H12N2O4/c15-6-9(12(17)18)14-11(16)8-3-1-2-7-4-5-13-10(7)8/h1-5,9,13,15H,6H2,(H,14,16)(H,17,18)/t9-/m0/s1. The molecule has 0 spiro atoms. The number of carbonyl (C=O) groups excluding carboxylic acids is 1. The van der Waals surface area contributed by atoms with Crippen molar-refractivity contribution in [2.75, 3.05) is 6.61 Å². The van der Waals surface area contributed by atoms with Crippen molar-refractivity contribution in [3.05, 3.63) is 36.0 Å². The van der Waals surface area contributed by atoms with Crippen molar-refractivity contribution >= 4 is 22.8 Å². The number of H-pyrrole nitrogens is 1. The van der Waals surface area contributed by atoms with Gasteiger partial charge in [0.15, 0.2) is 6.04 Å². The molecule has 4 N–H and O–H groups in total. The van der Waals surface area contributed by atoms with Gasteiger partial charge in [-0.25, -0.2) is 4.79 Å². The molecule has 94 valence electrons. The summed E-state index contributed by atoms with van der Waals surface area (Å²) < 4.78 is 0. The first-order chi connectivity index (χ1) is 8.63. The van der Waals surface area contributed by atoms with Crippen molar-refractivity contribution in [2.24, 2.45) is 0 Å². The number of rotatable bonds is 4. The molecule has 6 nitrogen and oxygen atoms in total. The fourth-order valence-corrected chi connectivity index (χ4v) is 1.70. The van der Waals surface area contributed by atoms with E-state index in [0.717, 1.165) is 5.39 Å². The number of aliphatic carboxylic acids is 1. The second kappa shape index (κ2) is 4.89. The number of aromatic amines is 1. The van der Waals surface area contributed by atoms with Crippen molar-refractivity contribution in [3.8, 4) is 0 Å². The fraction of sp³-hybridized carbons (Fsp3) is 0.167. The lowest BCUT2D eigenvalue weighted by atomic mass is 10.1. The van der Waals surface area contributed by atoms with Crippen LogP contribution in [-0.2, 0) is 4.79 Å². The first-order valence-electron chi connectivity index (χ1n) is 5.34. The molecule has 18 heavy (non-hydrogen) atoms. The summed E-state index contributed by atoms with van der Waals surface area (Å²) in [7, 11) is 0. The van der Waals surface area contributed by atoms with E-state index in [1.165, 1.54) is 0 Å². The minimum atomic E-state index is -1.30. The monoisotopic (exact) mass is 248 g/mol. The average Bonchev–Trinajstić information content (AvgIpc) is 2.82. The largest absolute Gasteiger partial charge is 0.480 e. The van der Waals surface area contributed by atoms with E-state index in [1.807, 2.05) is 12.1 Å². The van der Waals surface area contributed by atoms with Gasteiger partial charge in [-0.15, -0.1) is 0 Å². The average molecular weight is 248 g/mol. The van der Waals surface area contributed by atoms with Crippen LogP contribution in [-0.4, -0.2) is 39.7 Å².